The summed E-state index contributed by atoms with van der Waals surface area (Å²) in [5.41, 5.74) is 0.902. The molecule has 0 amide bonds. The van der Waals surface area contributed by atoms with Gasteiger partial charge in [-0.15, -0.1) is 0 Å². The summed E-state index contributed by atoms with van der Waals surface area (Å²) in [5, 5.41) is 7.33. The molecule has 2 rings (SSSR count). The van der Waals surface area contributed by atoms with Crippen molar-refractivity contribution in [2.24, 2.45) is 0 Å². The van der Waals surface area contributed by atoms with E-state index in [9.17, 15) is 0 Å². The van der Waals surface area contributed by atoms with E-state index < -0.39 is 0 Å². The van der Waals surface area contributed by atoms with Crippen LogP contribution in [0.15, 0.2) is 30.7 Å². The summed E-state index contributed by atoms with van der Waals surface area (Å²) < 4.78 is 7.04. The van der Waals surface area contributed by atoms with Gasteiger partial charge in [-0.25, -0.2) is 4.98 Å². The topological polar surface area (TPSA) is 52.0 Å². The predicted molar refractivity (Wildman–Crippen MR) is 62.0 cm³/mol. The number of hydrogen-bond donors (Lipinski definition) is 1. The van der Waals surface area contributed by atoms with Crippen LogP contribution in [0.4, 0.5) is 11.5 Å². The van der Waals surface area contributed by atoms with E-state index in [0.717, 1.165) is 12.2 Å². The molecular weight excluding hydrogens is 204 g/mol. The Morgan fingerprint density at radius 3 is 3.06 bits per heavy atom. The molecule has 0 fully saturated rings. The molecule has 0 aliphatic rings. The van der Waals surface area contributed by atoms with E-state index in [2.05, 4.69) is 15.4 Å². The summed E-state index contributed by atoms with van der Waals surface area (Å²) in [4.78, 5) is 4.21. The fourth-order valence-corrected chi connectivity index (χ4v) is 1.39. The standard InChI is InChI=1S/C11H14N4O/c1-3-15-8-9(7-13-15)14-11-10(16-2)5-4-6-12-11/h4-8H,3H2,1-2H3,(H,12,14). The number of pyridine rings is 1. The van der Waals surface area contributed by atoms with Crippen LogP contribution in [0.25, 0.3) is 0 Å². The molecule has 2 aromatic heterocycles. The molecule has 16 heavy (non-hydrogen) atoms. The highest BCUT2D eigenvalue weighted by atomic mass is 16.5. The Bertz CT molecular complexity index is 467. The van der Waals surface area contributed by atoms with Crippen molar-refractivity contribution in [1.82, 2.24) is 14.8 Å². The Labute approximate surface area is 94.1 Å². The third-order valence-corrected chi connectivity index (χ3v) is 2.21. The quantitative estimate of drug-likeness (QED) is 0.853. The highest BCUT2D eigenvalue weighted by Gasteiger charge is 2.04. The molecule has 2 aromatic rings. The lowest BCUT2D eigenvalue weighted by molar-refractivity contribution is 0.415. The summed E-state index contributed by atoms with van der Waals surface area (Å²) in [6.45, 7) is 2.89. The van der Waals surface area contributed by atoms with Gasteiger partial charge in [-0.1, -0.05) is 0 Å². The lowest BCUT2D eigenvalue weighted by Crippen LogP contribution is -1.96. The Kier molecular flexibility index (Phi) is 3.05. The first kappa shape index (κ1) is 10.5. The first-order chi connectivity index (χ1) is 7.83. The van der Waals surface area contributed by atoms with Gasteiger partial charge in [-0.05, 0) is 19.1 Å². The summed E-state index contributed by atoms with van der Waals surface area (Å²) >= 11 is 0. The van der Waals surface area contributed by atoms with Crippen molar-refractivity contribution in [3.05, 3.63) is 30.7 Å². The van der Waals surface area contributed by atoms with Gasteiger partial charge in [-0.3, -0.25) is 4.68 Å². The minimum Gasteiger partial charge on any atom is -0.493 e. The smallest absolute Gasteiger partial charge is 0.173 e. The van der Waals surface area contributed by atoms with Crippen LogP contribution in [-0.4, -0.2) is 21.9 Å². The van der Waals surface area contributed by atoms with E-state index in [1.807, 2.05) is 29.9 Å². The zero-order chi connectivity index (χ0) is 11.4. The van der Waals surface area contributed by atoms with Crippen LogP contribution in [-0.2, 0) is 6.54 Å². The molecule has 0 spiro atoms. The van der Waals surface area contributed by atoms with Gasteiger partial charge in [0.25, 0.3) is 0 Å². The third kappa shape index (κ3) is 2.13. The monoisotopic (exact) mass is 218 g/mol. The average molecular weight is 218 g/mol. The first-order valence-corrected chi connectivity index (χ1v) is 5.12. The molecule has 0 saturated heterocycles. The van der Waals surface area contributed by atoms with E-state index in [1.54, 1.807) is 19.5 Å². The first-order valence-electron chi connectivity index (χ1n) is 5.12. The Morgan fingerprint density at radius 1 is 1.50 bits per heavy atom. The van der Waals surface area contributed by atoms with Crippen LogP contribution in [0.2, 0.25) is 0 Å². The largest absolute Gasteiger partial charge is 0.493 e. The molecule has 0 aliphatic heterocycles. The van der Waals surface area contributed by atoms with Crippen LogP contribution in [0.5, 0.6) is 5.75 Å². The lowest BCUT2D eigenvalue weighted by atomic mass is 10.4. The number of hydrogen-bond acceptors (Lipinski definition) is 4. The number of nitrogens with one attached hydrogen (secondary N) is 1. The fourth-order valence-electron chi connectivity index (χ4n) is 1.39. The SMILES string of the molecule is CCn1cc(Nc2ncccc2OC)cn1. The fraction of sp³-hybridized carbons (Fsp3) is 0.273. The normalized spacial score (nSPS) is 10.1. The van der Waals surface area contributed by atoms with E-state index in [4.69, 9.17) is 4.74 Å². The van der Waals surface area contributed by atoms with Crippen molar-refractivity contribution in [1.29, 1.82) is 0 Å². The molecule has 5 nitrogen and oxygen atoms in total. The lowest BCUT2D eigenvalue weighted by Gasteiger charge is -2.07. The molecule has 0 radical (unpaired) electrons. The molecule has 2 heterocycles. The van der Waals surface area contributed by atoms with Crippen molar-refractivity contribution in [2.45, 2.75) is 13.5 Å². The Hall–Kier alpha value is -2.04. The number of rotatable bonds is 4. The highest BCUT2D eigenvalue weighted by Crippen LogP contribution is 2.23. The minimum atomic E-state index is 0.695. The zero-order valence-corrected chi connectivity index (χ0v) is 9.34. The molecular formula is C11H14N4O. The number of methoxy groups -OCH3 is 1. The summed E-state index contributed by atoms with van der Waals surface area (Å²) in [5.74, 6) is 1.41. The van der Waals surface area contributed by atoms with Gasteiger partial charge in [0, 0.05) is 18.9 Å². The van der Waals surface area contributed by atoms with Crippen LogP contribution in [0.1, 0.15) is 6.92 Å². The van der Waals surface area contributed by atoms with Crippen molar-refractivity contribution in [3.63, 3.8) is 0 Å². The number of nitrogens with zero attached hydrogens (tertiary/aromatic N) is 3. The van der Waals surface area contributed by atoms with Gasteiger partial charge < -0.3 is 10.1 Å². The number of anilines is 2. The zero-order valence-electron chi connectivity index (χ0n) is 9.34. The molecule has 5 heteroatoms. The second kappa shape index (κ2) is 4.65. The molecule has 0 unspecified atom stereocenters. The Morgan fingerprint density at radius 2 is 2.38 bits per heavy atom. The van der Waals surface area contributed by atoms with Gasteiger partial charge in [0.2, 0.25) is 0 Å². The summed E-state index contributed by atoms with van der Waals surface area (Å²) in [7, 11) is 1.62. The second-order valence-corrected chi connectivity index (χ2v) is 3.26. The molecule has 0 saturated carbocycles. The van der Waals surface area contributed by atoms with Crippen molar-refractivity contribution in [2.75, 3.05) is 12.4 Å². The molecule has 0 aliphatic carbocycles. The third-order valence-electron chi connectivity index (χ3n) is 2.21. The molecule has 84 valence electrons. The van der Waals surface area contributed by atoms with Gasteiger partial charge in [0.1, 0.15) is 0 Å². The maximum absolute atomic E-state index is 5.20. The van der Waals surface area contributed by atoms with E-state index in [0.29, 0.717) is 11.6 Å². The predicted octanol–water partition coefficient (Wildman–Crippen LogP) is 2.05. The van der Waals surface area contributed by atoms with Gasteiger partial charge in [0.15, 0.2) is 11.6 Å². The highest BCUT2D eigenvalue weighted by molar-refractivity contribution is 5.60. The van der Waals surface area contributed by atoms with E-state index in [1.165, 1.54) is 0 Å². The van der Waals surface area contributed by atoms with Crippen LogP contribution >= 0.6 is 0 Å². The van der Waals surface area contributed by atoms with Crippen molar-refractivity contribution in [3.8, 4) is 5.75 Å². The minimum absolute atomic E-state index is 0.695. The summed E-state index contributed by atoms with van der Waals surface area (Å²) in [6.07, 6.45) is 5.40. The van der Waals surface area contributed by atoms with E-state index in [-0.39, 0.29) is 0 Å². The van der Waals surface area contributed by atoms with Gasteiger partial charge in [-0.2, -0.15) is 5.10 Å². The number of aromatic nitrogens is 3. The summed E-state index contributed by atoms with van der Waals surface area (Å²) in [6, 6.07) is 3.69. The number of ether oxygens (including phenoxy) is 1. The molecule has 0 atom stereocenters. The molecule has 0 bridgehead atoms. The van der Waals surface area contributed by atoms with Crippen LogP contribution < -0.4 is 10.1 Å². The maximum Gasteiger partial charge on any atom is 0.173 e. The Balaban J connectivity index is 2.19. The maximum atomic E-state index is 5.20. The van der Waals surface area contributed by atoms with Gasteiger partial charge >= 0.3 is 0 Å². The van der Waals surface area contributed by atoms with Crippen LogP contribution in [0, 0.1) is 0 Å². The van der Waals surface area contributed by atoms with Gasteiger partial charge in [0.05, 0.1) is 19.0 Å². The second-order valence-electron chi connectivity index (χ2n) is 3.26. The molecule has 1 N–H and O–H groups in total. The van der Waals surface area contributed by atoms with Crippen molar-refractivity contribution >= 4 is 11.5 Å². The van der Waals surface area contributed by atoms with Crippen LogP contribution in [0.3, 0.4) is 0 Å². The van der Waals surface area contributed by atoms with E-state index >= 15 is 0 Å². The molecule has 0 aromatic carbocycles. The average Bonchev–Trinajstić information content (AvgIpc) is 2.77. The number of aryl methyl sites for hydroxylation is 1. The van der Waals surface area contributed by atoms with Crippen molar-refractivity contribution < 1.29 is 4.74 Å².